The lowest BCUT2D eigenvalue weighted by Crippen LogP contribution is -2.15. The number of aromatic nitrogens is 2. The molecule has 1 aromatic carbocycles. The standard InChI is InChI=1S/C16H15N3O3S/c1-10-7-12(21-2)3-4-13(10)17-14(20)8-15-18-19-16(22-15)11-5-6-23-9-11/h3-7,9H,8H2,1-2H3,(H,17,20). The fourth-order valence-corrected chi connectivity index (χ4v) is 2.69. The minimum atomic E-state index is -0.209. The summed E-state index contributed by atoms with van der Waals surface area (Å²) in [5, 5.41) is 14.5. The largest absolute Gasteiger partial charge is 0.497 e. The summed E-state index contributed by atoms with van der Waals surface area (Å²) >= 11 is 1.55. The molecule has 0 aliphatic rings. The van der Waals surface area contributed by atoms with Crippen LogP contribution in [0.15, 0.2) is 39.4 Å². The van der Waals surface area contributed by atoms with Gasteiger partial charge in [-0.2, -0.15) is 11.3 Å². The molecule has 1 N–H and O–H groups in total. The summed E-state index contributed by atoms with van der Waals surface area (Å²) in [4.78, 5) is 12.1. The Morgan fingerprint density at radius 3 is 2.91 bits per heavy atom. The molecule has 0 aliphatic heterocycles. The number of anilines is 1. The summed E-state index contributed by atoms with van der Waals surface area (Å²) in [6, 6.07) is 7.35. The van der Waals surface area contributed by atoms with Crippen molar-refractivity contribution in [3.05, 3.63) is 46.5 Å². The third kappa shape index (κ3) is 3.57. The highest BCUT2D eigenvalue weighted by Gasteiger charge is 2.13. The predicted octanol–water partition coefficient (Wildman–Crippen LogP) is 3.30. The number of hydrogen-bond acceptors (Lipinski definition) is 6. The third-order valence-electron chi connectivity index (χ3n) is 3.25. The van der Waals surface area contributed by atoms with Crippen LogP contribution in [0.1, 0.15) is 11.5 Å². The van der Waals surface area contributed by atoms with Crippen LogP contribution in [0.3, 0.4) is 0 Å². The van der Waals surface area contributed by atoms with Gasteiger partial charge >= 0.3 is 0 Å². The number of thiophene rings is 1. The average molecular weight is 329 g/mol. The maximum Gasteiger partial charge on any atom is 0.248 e. The zero-order valence-electron chi connectivity index (χ0n) is 12.7. The van der Waals surface area contributed by atoms with Gasteiger partial charge in [-0.1, -0.05) is 0 Å². The molecule has 0 bridgehead atoms. The molecule has 6 nitrogen and oxygen atoms in total. The summed E-state index contributed by atoms with van der Waals surface area (Å²) < 4.78 is 10.7. The normalized spacial score (nSPS) is 10.5. The number of hydrogen-bond donors (Lipinski definition) is 1. The number of rotatable bonds is 5. The van der Waals surface area contributed by atoms with Gasteiger partial charge in [-0.15, -0.1) is 10.2 Å². The highest BCUT2D eigenvalue weighted by Crippen LogP contribution is 2.22. The molecule has 118 valence electrons. The minimum Gasteiger partial charge on any atom is -0.497 e. The van der Waals surface area contributed by atoms with Gasteiger partial charge in [-0.25, -0.2) is 0 Å². The molecule has 3 aromatic rings. The molecule has 0 aliphatic carbocycles. The van der Waals surface area contributed by atoms with Gasteiger partial charge in [0.15, 0.2) is 0 Å². The van der Waals surface area contributed by atoms with E-state index in [4.69, 9.17) is 9.15 Å². The fourth-order valence-electron chi connectivity index (χ4n) is 2.06. The molecule has 0 fully saturated rings. The zero-order chi connectivity index (χ0) is 16.2. The van der Waals surface area contributed by atoms with Gasteiger partial charge in [0.25, 0.3) is 0 Å². The number of ether oxygens (including phenoxy) is 1. The Kier molecular flexibility index (Phi) is 4.38. The maximum absolute atomic E-state index is 12.1. The van der Waals surface area contributed by atoms with E-state index < -0.39 is 0 Å². The SMILES string of the molecule is COc1ccc(NC(=O)Cc2nnc(-c3ccsc3)o2)c(C)c1. The van der Waals surface area contributed by atoms with Gasteiger partial charge in [-0.05, 0) is 42.1 Å². The first-order valence-corrected chi connectivity index (χ1v) is 7.89. The van der Waals surface area contributed by atoms with Crippen LogP contribution in [-0.2, 0) is 11.2 Å². The molecule has 0 radical (unpaired) electrons. The average Bonchev–Trinajstić information content (AvgIpc) is 3.20. The summed E-state index contributed by atoms with van der Waals surface area (Å²) in [5.74, 6) is 1.25. The Morgan fingerprint density at radius 1 is 1.35 bits per heavy atom. The lowest BCUT2D eigenvalue weighted by atomic mass is 10.2. The molecule has 23 heavy (non-hydrogen) atoms. The van der Waals surface area contributed by atoms with E-state index in [1.54, 1.807) is 30.6 Å². The highest BCUT2D eigenvalue weighted by molar-refractivity contribution is 7.08. The van der Waals surface area contributed by atoms with Crippen molar-refractivity contribution in [2.24, 2.45) is 0 Å². The number of aryl methyl sites for hydroxylation is 1. The molecule has 3 rings (SSSR count). The molecule has 0 saturated carbocycles. The van der Waals surface area contributed by atoms with Crippen LogP contribution >= 0.6 is 11.3 Å². The molecular formula is C16H15N3O3S. The molecule has 7 heteroatoms. The van der Waals surface area contributed by atoms with E-state index in [1.807, 2.05) is 29.8 Å². The van der Waals surface area contributed by atoms with Gasteiger partial charge in [0, 0.05) is 16.6 Å². The lowest BCUT2D eigenvalue weighted by molar-refractivity contribution is -0.115. The van der Waals surface area contributed by atoms with E-state index in [1.165, 1.54) is 0 Å². The van der Waals surface area contributed by atoms with Crippen LogP contribution in [0.4, 0.5) is 5.69 Å². The molecule has 0 spiro atoms. The van der Waals surface area contributed by atoms with Crippen molar-refractivity contribution in [2.45, 2.75) is 13.3 Å². The van der Waals surface area contributed by atoms with E-state index in [9.17, 15) is 4.79 Å². The van der Waals surface area contributed by atoms with Crippen molar-refractivity contribution in [3.8, 4) is 17.2 Å². The van der Waals surface area contributed by atoms with Crippen LogP contribution < -0.4 is 10.1 Å². The first-order valence-electron chi connectivity index (χ1n) is 6.95. The topological polar surface area (TPSA) is 77.2 Å². The number of nitrogens with one attached hydrogen (secondary N) is 1. The van der Waals surface area contributed by atoms with Crippen LogP contribution in [-0.4, -0.2) is 23.2 Å². The van der Waals surface area contributed by atoms with E-state index in [0.29, 0.717) is 5.89 Å². The van der Waals surface area contributed by atoms with Crippen LogP contribution in [0.25, 0.3) is 11.5 Å². The fraction of sp³-hybridized carbons (Fsp3) is 0.188. The number of amides is 1. The highest BCUT2D eigenvalue weighted by atomic mass is 32.1. The predicted molar refractivity (Wildman–Crippen MR) is 87.7 cm³/mol. The zero-order valence-corrected chi connectivity index (χ0v) is 13.5. The lowest BCUT2D eigenvalue weighted by Gasteiger charge is -2.09. The second-order valence-corrected chi connectivity index (χ2v) is 5.70. The van der Waals surface area contributed by atoms with E-state index in [-0.39, 0.29) is 18.2 Å². The maximum atomic E-state index is 12.1. The Balaban J connectivity index is 1.66. The van der Waals surface area contributed by atoms with Crippen LogP contribution in [0.5, 0.6) is 5.75 Å². The second-order valence-electron chi connectivity index (χ2n) is 4.92. The van der Waals surface area contributed by atoms with Gasteiger partial charge in [0.2, 0.25) is 17.7 Å². The number of nitrogens with zero attached hydrogens (tertiary/aromatic N) is 2. The Hall–Kier alpha value is -2.67. The van der Waals surface area contributed by atoms with Gasteiger partial charge in [0.05, 0.1) is 7.11 Å². The third-order valence-corrected chi connectivity index (χ3v) is 3.94. The first-order chi connectivity index (χ1) is 11.2. The molecular weight excluding hydrogens is 314 g/mol. The van der Waals surface area contributed by atoms with E-state index in [2.05, 4.69) is 15.5 Å². The monoisotopic (exact) mass is 329 g/mol. The van der Waals surface area contributed by atoms with Crippen molar-refractivity contribution in [1.29, 1.82) is 0 Å². The van der Waals surface area contributed by atoms with Crippen LogP contribution in [0, 0.1) is 6.92 Å². The molecule has 0 atom stereocenters. The Labute approximate surface area is 137 Å². The van der Waals surface area contributed by atoms with E-state index in [0.717, 1.165) is 22.6 Å². The Morgan fingerprint density at radius 2 is 2.22 bits per heavy atom. The van der Waals surface area contributed by atoms with Crippen molar-refractivity contribution < 1.29 is 13.9 Å². The Bertz CT molecular complexity index is 812. The van der Waals surface area contributed by atoms with Crippen molar-refractivity contribution >= 4 is 22.9 Å². The van der Waals surface area contributed by atoms with Crippen LogP contribution in [0.2, 0.25) is 0 Å². The number of methoxy groups -OCH3 is 1. The first kappa shape index (κ1) is 15.2. The van der Waals surface area contributed by atoms with Gasteiger partial charge < -0.3 is 14.5 Å². The quantitative estimate of drug-likeness (QED) is 0.777. The summed E-state index contributed by atoms with van der Waals surface area (Å²) in [6.45, 7) is 1.90. The molecule has 2 heterocycles. The smallest absolute Gasteiger partial charge is 0.248 e. The molecule has 0 saturated heterocycles. The summed E-state index contributed by atoms with van der Waals surface area (Å²) in [6.07, 6.45) is 0.0304. The van der Waals surface area contributed by atoms with Gasteiger partial charge in [0.1, 0.15) is 12.2 Å². The number of carbonyl (C=O) groups is 1. The molecule has 1 amide bonds. The minimum absolute atomic E-state index is 0.0304. The number of benzene rings is 1. The molecule has 2 aromatic heterocycles. The van der Waals surface area contributed by atoms with Crippen molar-refractivity contribution in [3.63, 3.8) is 0 Å². The molecule has 0 unspecified atom stereocenters. The second kappa shape index (κ2) is 6.62. The van der Waals surface area contributed by atoms with Crippen molar-refractivity contribution in [1.82, 2.24) is 10.2 Å². The van der Waals surface area contributed by atoms with Gasteiger partial charge in [-0.3, -0.25) is 4.79 Å². The van der Waals surface area contributed by atoms with E-state index >= 15 is 0 Å². The van der Waals surface area contributed by atoms with Crippen molar-refractivity contribution in [2.75, 3.05) is 12.4 Å². The number of carbonyl (C=O) groups excluding carboxylic acids is 1. The summed E-state index contributed by atoms with van der Waals surface area (Å²) in [7, 11) is 1.60. The summed E-state index contributed by atoms with van der Waals surface area (Å²) in [5.41, 5.74) is 2.51.